The molecule has 2 heterocycles. The topological polar surface area (TPSA) is 63.1 Å². The minimum atomic E-state index is 0.00347. The molecule has 1 aliphatic carbocycles. The molecule has 1 N–H and O–H groups in total. The van der Waals surface area contributed by atoms with Crippen molar-refractivity contribution in [2.75, 3.05) is 29.1 Å². The maximum Gasteiger partial charge on any atom is 0.234 e. The average molecular weight is 414 g/mol. The van der Waals surface area contributed by atoms with E-state index in [9.17, 15) is 4.79 Å². The van der Waals surface area contributed by atoms with Crippen LogP contribution in [-0.4, -0.2) is 39.5 Å². The van der Waals surface area contributed by atoms with Gasteiger partial charge >= 0.3 is 0 Å². The normalized spacial score (nSPS) is 17.6. The molecule has 0 bridgehead atoms. The lowest BCUT2D eigenvalue weighted by molar-refractivity contribution is -0.113. The van der Waals surface area contributed by atoms with E-state index in [1.54, 1.807) is 0 Å². The SMILES string of the molecule is Cc1cc(C)c(NC(=O)CSc2nnc(N3CCC(C)CC3)n2C2CC2)c(C)c1. The maximum atomic E-state index is 12.6. The number of anilines is 2. The van der Waals surface area contributed by atoms with Crippen LogP contribution >= 0.6 is 11.8 Å². The lowest BCUT2D eigenvalue weighted by Crippen LogP contribution is -2.34. The van der Waals surface area contributed by atoms with Crippen LogP contribution < -0.4 is 10.2 Å². The van der Waals surface area contributed by atoms with Crippen molar-refractivity contribution < 1.29 is 4.79 Å². The number of rotatable bonds is 6. The molecule has 2 aromatic rings. The van der Waals surface area contributed by atoms with Gasteiger partial charge in [-0.05, 0) is 63.5 Å². The van der Waals surface area contributed by atoms with Crippen LogP contribution in [0.2, 0.25) is 0 Å². The van der Waals surface area contributed by atoms with Gasteiger partial charge in [-0.2, -0.15) is 0 Å². The van der Waals surface area contributed by atoms with E-state index in [0.29, 0.717) is 11.8 Å². The van der Waals surface area contributed by atoms with Crippen molar-refractivity contribution in [2.45, 2.75) is 64.6 Å². The summed E-state index contributed by atoms with van der Waals surface area (Å²) in [4.78, 5) is 15.0. The van der Waals surface area contributed by atoms with Crippen LogP contribution in [0.5, 0.6) is 0 Å². The third-order valence-corrected chi connectivity index (χ3v) is 6.84. The highest BCUT2D eigenvalue weighted by atomic mass is 32.2. The Balaban J connectivity index is 1.43. The van der Waals surface area contributed by atoms with Crippen LogP contribution in [0, 0.1) is 26.7 Å². The number of nitrogens with one attached hydrogen (secondary N) is 1. The fourth-order valence-electron chi connectivity index (χ4n) is 4.13. The van der Waals surface area contributed by atoms with Gasteiger partial charge in [-0.3, -0.25) is 9.36 Å². The number of hydrogen-bond acceptors (Lipinski definition) is 5. The largest absolute Gasteiger partial charge is 0.341 e. The Bertz CT molecular complexity index is 874. The van der Waals surface area contributed by atoms with Gasteiger partial charge in [0, 0.05) is 24.8 Å². The summed E-state index contributed by atoms with van der Waals surface area (Å²) < 4.78 is 2.27. The van der Waals surface area contributed by atoms with Crippen molar-refractivity contribution in [3.8, 4) is 0 Å². The minimum Gasteiger partial charge on any atom is -0.341 e. The summed E-state index contributed by atoms with van der Waals surface area (Å²) in [5.74, 6) is 2.13. The lowest BCUT2D eigenvalue weighted by Gasteiger charge is -2.31. The second-order valence-corrected chi connectivity index (χ2v) is 9.61. The molecule has 0 atom stereocenters. The number of thioether (sulfide) groups is 1. The van der Waals surface area contributed by atoms with E-state index in [1.807, 2.05) is 13.8 Å². The maximum absolute atomic E-state index is 12.6. The molecule has 4 rings (SSSR count). The van der Waals surface area contributed by atoms with Crippen molar-refractivity contribution >= 4 is 29.3 Å². The number of carbonyl (C=O) groups excluding carboxylic acids is 1. The summed E-state index contributed by atoms with van der Waals surface area (Å²) in [5, 5.41) is 12.9. The predicted molar refractivity (Wildman–Crippen MR) is 119 cm³/mol. The highest BCUT2D eigenvalue weighted by molar-refractivity contribution is 7.99. The molecule has 2 aliphatic rings. The van der Waals surface area contributed by atoms with Crippen LogP contribution in [0.25, 0.3) is 0 Å². The molecule has 0 spiro atoms. The molecule has 0 unspecified atom stereocenters. The smallest absolute Gasteiger partial charge is 0.234 e. The molecule has 29 heavy (non-hydrogen) atoms. The molecule has 1 saturated heterocycles. The number of hydrogen-bond donors (Lipinski definition) is 1. The van der Waals surface area contributed by atoms with E-state index in [4.69, 9.17) is 0 Å². The van der Waals surface area contributed by atoms with Crippen molar-refractivity contribution in [1.29, 1.82) is 0 Å². The Morgan fingerprint density at radius 2 is 1.76 bits per heavy atom. The third-order valence-electron chi connectivity index (χ3n) is 5.90. The Hall–Kier alpha value is -2.02. The van der Waals surface area contributed by atoms with Crippen LogP contribution in [0.15, 0.2) is 17.3 Å². The first kappa shape index (κ1) is 20.3. The minimum absolute atomic E-state index is 0.00347. The van der Waals surface area contributed by atoms with Crippen molar-refractivity contribution in [1.82, 2.24) is 14.8 Å². The Morgan fingerprint density at radius 3 is 2.38 bits per heavy atom. The van der Waals surface area contributed by atoms with Crippen LogP contribution in [0.3, 0.4) is 0 Å². The summed E-state index contributed by atoms with van der Waals surface area (Å²) in [6.07, 6.45) is 4.77. The predicted octanol–water partition coefficient (Wildman–Crippen LogP) is 4.51. The molecule has 7 heteroatoms. The van der Waals surface area contributed by atoms with Crippen molar-refractivity contribution in [3.05, 3.63) is 28.8 Å². The molecule has 2 fully saturated rings. The van der Waals surface area contributed by atoms with E-state index < -0.39 is 0 Å². The van der Waals surface area contributed by atoms with Gasteiger partial charge in [0.1, 0.15) is 0 Å². The van der Waals surface area contributed by atoms with E-state index in [0.717, 1.165) is 46.9 Å². The average Bonchev–Trinajstić information content (AvgIpc) is 3.43. The van der Waals surface area contributed by atoms with Gasteiger partial charge in [-0.15, -0.1) is 10.2 Å². The van der Waals surface area contributed by atoms with E-state index in [1.165, 1.54) is 43.0 Å². The number of benzene rings is 1. The van der Waals surface area contributed by atoms with Gasteiger partial charge in [-0.25, -0.2) is 0 Å². The number of amides is 1. The zero-order valence-corrected chi connectivity index (χ0v) is 18.7. The molecule has 1 aliphatic heterocycles. The molecular formula is C22H31N5OS. The fourth-order valence-corrected chi connectivity index (χ4v) is 4.93. The number of nitrogens with zero attached hydrogens (tertiary/aromatic N) is 4. The van der Waals surface area contributed by atoms with Gasteiger partial charge in [0.25, 0.3) is 0 Å². The lowest BCUT2D eigenvalue weighted by atomic mass is 10.00. The van der Waals surface area contributed by atoms with Gasteiger partial charge in [0.2, 0.25) is 11.9 Å². The number of piperidine rings is 1. The van der Waals surface area contributed by atoms with E-state index in [-0.39, 0.29) is 5.91 Å². The highest BCUT2D eigenvalue weighted by Crippen LogP contribution is 2.41. The summed E-state index contributed by atoms with van der Waals surface area (Å²) in [5.41, 5.74) is 4.34. The second-order valence-electron chi connectivity index (χ2n) is 8.66. The summed E-state index contributed by atoms with van der Waals surface area (Å²) >= 11 is 1.49. The number of aryl methyl sites for hydroxylation is 3. The van der Waals surface area contributed by atoms with Crippen LogP contribution in [0.4, 0.5) is 11.6 Å². The highest BCUT2D eigenvalue weighted by Gasteiger charge is 2.32. The summed E-state index contributed by atoms with van der Waals surface area (Å²) in [6, 6.07) is 4.70. The third kappa shape index (κ3) is 4.60. The monoisotopic (exact) mass is 413 g/mol. The Labute approximate surface area is 177 Å². The van der Waals surface area contributed by atoms with Crippen LogP contribution in [0.1, 0.15) is 55.3 Å². The molecule has 1 saturated carbocycles. The van der Waals surface area contributed by atoms with Gasteiger partial charge in [-0.1, -0.05) is 36.4 Å². The first-order valence-corrected chi connectivity index (χ1v) is 11.6. The quantitative estimate of drug-likeness (QED) is 0.706. The number of aromatic nitrogens is 3. The first-order chi connectivity index (χ1) is 13.9. The number of carbonyl (C=O) groups is 1. The van der Waals surface area contributed by atoms with Crippen molar-refractivity contribution in [3.63, 3.8) is 0 Å². The van der Waals surface area contributed by atoms with E-state index >= 15 is 0 Å². The van der Waals surface area contributed by atoms with Crippen LogP contribution in [-0.2, 0) is 4.79 Å². The van der Waals surface area contributed by atoms with Gasteiger partial charge in [0.15, 0.2) is 5.16 Å². The van der Waals surface area contributed by atoms with Crippen molar-refractivity contribution in [2.24, 2.45) is 5.92 Å². The Kier molecular flexibility index (Phi) is 5.86. The standard InChI is InChI=1S/C22H31N5OS/c1-14-7-9-26(10-8-14)21-24-25-22(27(21)18-5-6-18)29-13-19(28)23-20-16(3)11-15(2)12-17(20)4/h11-12,14,18H,5-10,13H2,1-4H3,(H,23,28). The zero-order valence-electron chi connectivity index (χ0n) is 17.9. The zero-order chi connectivity index (χ0) is 20.5. The summed E-state index contributed by atoms with van der Waals surface area (Å²) in [7, 11) is 0. The first-order valence-electron chi connectivity index (χ1n) is 10.6. The molecule has 1 aromatic carbocycles. The molecular weight excluding hydrogens is 382 g/mol. The van der Waals surface area contributed by atoms with Gasteiger partial charge < -0.3 is 10.2 Å². The molecule has 1 amide bonds. The van der Waals surface area contributed by atoms with Gasteiger partial charge in [0.05, 0.1) is 5.75 Å². The molecule has 1 aromatic heterocycles. The second kappa shape index (κ2) is 8.38. The molecule has 156 valence electrons. The Morgan fingerprint density at radius 1 is 1.10 bits per heavy atom. The fraction of sp³-hybridized carbons (Fsp3) is 0.591. The molecule has 0 radical (unpaired) electrons. The van der Waals surface area contributed by atoms with E-state index in [2.05, 4.69) is 51.0 Å². The summed E-state index contributed by atoms with van der Waals surface area (Å²) in [6.45, 7) is 10.6. The molecule has 6 nitrogen and oxygen atoms in total.